The van der Waals surface area contributed by atoms with Gasteiger partial charge in [0.15, 0.2) is 5.65 Å². The van der Waals surface area contributed by atoms with E-state index in [1.807, 2.05) is 26.3 Å². The van der Waals surface area contributed by atoms with Gasteiger partial charge in [-0.15, -0.1) is 16.4 Å². The van der Waals surface area contributed by atoms with Crippen LogP contribution >= 0.6 is 11.3 Å². The molecule has 10 heteroatoms. The molecule has 1 N–H and O–H groups in total. The zero-order chi connectivity index (χ0) is 21.8. The highest BCUT2D eigenvalue weighted by Crippen LogP contribution is 2.40. The number of rotatable bonds is 4. The van der Waals surface area contributed by atoms with E-state index in [4.69, 9.17) is 0 Å². The number of pyridine rings is 1. The average Bonchev–Trinajstić information content (AvgIpc) is 3.39. The molecule has 0 spiro atoms. The van der Waals surface area contributed by atoms with Crippen molar-refractivity contribution in [3.63, 3.8) is 0 Å². The Morgan fingerprint density at radius 2 is 2.07 bits per heavy atom. The molecule has 0 amide bonds. The lowest BCUT2D eigenvalue weighted by molar-refractivity contribution is 0.00801. The number of aryl methyl sites for hydroxylation is 1. The highest BCUT2D eigenvalue weighted by Gasteiger charge is 2.38. The second-order valence-corrected chi connectivity index (χ2v) is 9.17. The standard InChI is InChI=1S/C20H23F2N7S/c1-11-13(8-23)16-26-18(20(4,21)22)27-29(16)17(15(11)14-9-30-12(2)25-14)28-7-6-19(3,10-28)24-5/h9,24H,6-7,10H2,1-5H3/t19-/m0/s1. The number of hydrogen-bond acceptors (Lipinski definition) is 7. The maximum Gasteiger partial charge on any atom is 0.305 e. The van der Waals surface area contributed by atoms with Gasteiger partial charge in [0.05, 0.1) is 10.7 Å². The van der Waals surface area contributed by atoms with Crippen molar-refractivity contribution in [2.75, 3.05) is 25.0 Å². The van der Waals surface area contributed by atoms with Crippen molar-refractivity contribution in [2.24, 2.45) is 0 Å². The van der Waals surface area contributed by atoms with E-state index in [9.17, 15) is 14.0 Å². The first kappa shape index (κ1) is 20.6. The van der Waals surface area contributed by atoms with Crippen molar-refractivity contribution in [1.82, 2.24) is 24.9 Å². The third-order valence-electron chi connectivity index (χ3n) is 5.76. The summed E-state index contributed by atoms with van der Waals surface area (Å²) in [6.07, 6.45) is 0.880. The fourth-order valence-corrected chi connectivity index (χ4v) is 4.53. The minimum Gasteiger partial charge on any atom is -0.354 e. The van der Waals surface area contributed by atoms with Crippen molar-refractivity contribution < 1.29 is 8.78 Å². The molecule has 7 nitrogen and oxygen atoms in total. The van der Waals surface area contributed by atoms with Crippen LogP contribution in [0.2, 0.25) is 0 Å². The van der Waals surface area contributed by atoms with Gasteiger partial charge in [0.2, 0.25) is 5.82 Å². The van der Waals surface area contributed by atoms with Gasteiger partial charge >= 0.3 is 5.92 Å². The molecule has 1 aliphatic rings. The van der Waals surface area contributed by atoms with Crippen molar-refractivity contribution in [3.05, 3.63) is 27.3 Å². The first-order valence-electron chi connectivity index (χ1n) is 9.66. The number of nitriles is 1. The normalized spacial score (nSPS) is 19.6. The second kappa shape index (κ2) is 6.96. The van der Waals surface area contributed by atoms with Crippen LogP contribution in [-0.4, -0.2) is 45.3 Å². The number of anilines is 1. The smallest absolute Gasteiger partial charge is 0.305 e. The molecule has 0 saturated carbocycles. The lowest BCUT2D eigenvalue weighted by Gasteiger charge is -2.27. The van der Waals surface area contributed by atoms with E-state index >= 15 is 0 Å². The second-order valence-electron chi connectivity index (χ2n) is 8.10. The van der Waals surface area contributed by atoms with Crippen LogP contribution in [0.4, 0.5) is 14.6 Å². The average molecular weight is 432 g/mol. The highest BCUT2D eigenvalue weighted by molar-refractivity contribution is 7.09. The largest absolute Gasteiger partial charge is 0.354 e. The van der Waals surface area contributed by atoms with Crippen molar-refractivity contribution in [1.29, 1.82) is 5.26 Å². The number of alkyl halides is 2. The van der Waals surface area contributed by atoms with Crippen molar-refractivity contribution in [2.45, 2.75) is 45.6 Å². The van der Waals surface area contributed by atoms with Crippen LogP contribution in [0.25, 0.3) is 16.9 Å². The number of fused-ring (bicyclic) bond motifs is 1. The molecule has 0 unspecified atom stereocenters. The summed E-state index contributed by atoms with van der Waals surface area (Å²) in [4.78, 5) is 10.8. The maximum absolute atomic E-state index is 14.1. The summed E-state index contributed by atoms with van der Waals surface area (Å²) in [5.74, 6) is -3.16. The van der Waals surface area contributed by atoms with Crippen molar-refractivity contribution in [3.8, 4) is 17.3 Å². The zero-order valence-corrected chi connectivity index (χ0v) is 18.4. The van der Waals surface area contributed by atoms with Gasteiger partial charge in [0.25, 0.3) is 0 Å². The molecule has 4 rings (SSSR count). The number of hydrogen-bond donors (Lipinski definition) is 1. The Kier molecular flexibility index (Phi) is 4.78. The molecule has 3 aromatic rings. The fraction of sp³-hybridized carbons (Fsp3) is 0.500. The molecule has 0 bridgehead atoms. The molecule has 1 aliphatic heterocycles. The molecular weight excluding hydrogens is 408 g/mol. The Bertz CT molecular complexity index is 1170. The van der Waals surface area contributed by atoms with E-state index in [-0.39, 0.29) is 16.7 Å². The van der Waals surface area contributed by atoms with Gasteiger partial charge < -0.3 is 10.2 Å². The lowest BCUT2D eigenvalue weighted by Crippen LogP contribution is -2.42. The quantitative estimate of drug-likeness (QED) is 0.679. The summed E-state index contributed by atoms with van der Waals surface area (Å²) in [5.41, 5.74) is 2.37. The van der Waals surface area contributed by atoms with Crippen LogP contribution in [-0.2, 0) is 5.92 Å². The summed E-state index contributed by atoms with van der Waals surface area (Å²) in [5, 5.41) is 20.1. The number of aromatic nitrogens is 4. The fourth-order valence-electron chi connectivity index (χ4n) is 3.93. The summed E-state index contributed by atoms with van der Waals surface area (Å²) >= 11 is 1.50. The Balaban J connectivity index is 2.08. The SMILES string of the molecule is CN[C@@]1(C)CCN(c2c(-c3csc(C)n3)c(C)c(C#N)c3nc(C(C)(F)F)nn23)C1. The summed E-state index contributed by atoms with van der Waals surface area (Å²) in [6.45, 7) is 7.99. The van der Waals surface area contributed by atoms with Crippen LogP contribution in [0, 0.1) is 25.2 Å². The molecule has 1 fully saturated rings. The van der Waals surface area contributed by atoms with Gasteiger partial charge in [0.1, 0.15) is 17.5 Å². The zero-order valence-electron chi connectivity index (χ0n) is 17.5. The van der Waals surface area contributed by atoms with Crippen LogP contribution in [0.15, 0.2) is 5.38 Å². The van der Waals surface area contributed by atoms with E-state index in [0.717, 1.165) is 23.9 Å². The van der Waals surface area contributed by atoms with Gasteiger partial charge in [-0.25, -0.2) is 9.97 Å². The van der Waals surface area contributed by atoms with E-state index in [1.54, 1.807) is 0 Å². The van der Waals surface area contributed by atoms with Crippen LogP contribution in [0.1, 0.15) is 42.2 Å². The highest BCUT2D eigenvalue weighted by atomic mass is 32.1. The summed E-state index contributed by atoms with van der Waals surface area (Å²) < 4.78 is 29.6. The monoisotopic (exact) mass is 431 g/mol. The molecule has 0 radical (unpaired) electrons. The topological polar surface area (TPSA) is 82.1 Å². The predicted octanol–water partition coefficient (Wildman–Crippen LogP) is 3.64. The number of nitrogens with zero attached hydrogens (tertiary/aromatic N) is 6. The van der Waals surface area contributed by atoms with E-state index in [1.165, 1.54) is 15.9 Å². The van der Waals surface area contributed by atoms with E-state index in [0.29, 0.717) is 30.2 Å². The number of likely N-dealkylation sites (N-methyl/N-ethyl adjacent to an activating group) is 1. The Hall–Kier alpha value is -2.64. The van der Waals surface area contributed by atoms with Crippen LogP contribution < -0.4 is 10.2 Å². The molecule has 158 valence electrons. The predicted molar refractivity (Wildman–Crippen MR) is 112 cm³/mol. The maximum atomic E-state index is 14.1. The third-order valence-corrected chi connectivity index (χ3v) is 6.53. The number of nitrogens with one attached hydrogen (secondary N) is 1. The van der Waals surface area contributed by atoms with Gasteiger partial charge in [0, 0.05) is 36.5 Å². The number of thiazole rings is 1. The number of halogens is 2. The molecule has 0 aromatic carbocycles. The Morgan fingerprint density at radius 3 is 2.60 bits per heavy atom. The summed E-state index contributed by atoms with van der Waals surface area (Å²) in [7, 11) is 1.92. The van der Waals surface area contributed by atoms with E-state index in [2.05, 4.69) is 38.3 Å². The molecule has 4 heterocycles. The first-order chi connectivity index (χ1) is 14.1. The molecular formula is C20H23F2N7S. The van der Waals surface area contributed by atoms with Gasteiger partial charge in [-0.2, -0.15) is 18.6 Å². The van der Waals surface area contributed by atoms with Gasteiger partial charge in [-0.05, 0) is 39.8 Å². The minimum atomic E-state index is -3.22. The molecule has 1 saturated heterocycles. The van der Waals surface area contributed by atoms with Gasteiger partial charge in [-0.3, -0.25) is 0 Å². The molecule has 1 atom stereocenters. The Labute approximate surface area is 177 Å². The van der Waals surface area contributed by atoms with Crippen molar-refractivity contribution >= 4 is 22.8 Å². The molecule has 0 aliphatic carbocycles. The summed E-state index contributed by atoms with van der Waals surface area (Å²) in [6, 6.07) is 2.14. The minimum absolute atomic E-state index is 0.124. The third kappa shape index (κ3) is 3.22. The first-order valence-corrected chi connectivity index (χ1v) is 10.5. The Morgan fingerprint density at radius 1 is 1.33 bits per heavy atom. The van der Waals surface area contributed by atoms with Crippen LogP contribution in [0.3, 0.4) is 0 Å². The lowest BCUT2D eigenvalue weighted by atomic mass is 10.0. The van der Waals surface area contributed by atoms with E-state index < -0.39 is 11.7 Å². The molecule has 30 heavy (non-hydrogen) atoms. The van der Waals surface area contributed by atoms with Gasteiger partial charge in [-0.1, -0.05) is 0 Å². The molecule has 3 aromatic heterocycles. The van der Waals surface area contributed by atoms with Crippen LogP contribution in [0.5, 0.6) is 0 Å².